The molecule has 25 heavy (non-hydrogen) atoms. The highest BCUT2D eigenvalue weighted by Crippen LogP contribution is 2.29. The van der Waals surface area contributed by atoms with E-state index in [1.165, 1.54) is 12.1 Å². The highest BCUT2D eigenvalue weighted by molar-refractivity contribution is 5.97. The summed E-state index contributed by atoms with van der Waals surface area (Å²) >= 11 is 0. The van der Waals surface area contributed by atoms with Gasteiger partial charge in [0.25, 0.3) is 5.91 Å². The van der Waals surface area contributed by atoms with E-state index in [1.54, 1.807) is 30.3 Å². The summed E-state index contributed by atoms with van der Waals surface area (Å²) in [6.07, 6.45) is -3.63. The number of hydrogen-bond acceptors (Lipinski definition) is 3. The number of carbonyl (C=O) groups is 1. The summed E-state index contributed by atoms with van der Waals surface area (Å²) in [7, 11) is 0. The lowest BCUT2D eigenvalue weighted by atomic mass is 10.0. The van der Waals surface area contributed by atoms with Crippen LogP contribution in [0.5, 0.6) is 11.5 Å². The average molecular weight is 353 g/mol. The van der Waals surface area contributed by atoms with E-state index in [-0.39, 0.29) is 11.3 Å². The van der Waals surface area contributed by atoms with E-state index in [9.17, 15) is 18.0 Å². The summed E-state index contributed by atoms with van der Waals surface area (Å²) in [5.74, 6) is -0.179. The number of benzene rings is 2. The Morgan fingerprint density at radius 1 is 1.08 bits per heavy atom. The van der Waals surface area contributed by atoms with Crippen LogP contribution in [0.15, 0.2) is 42.5 Å². The van der Waals surface area contributed by atoms with Crippen molar-refractivity contribution < 1.29 is 27.4 Å². The molecule has 0 aromatic heterocycles. The molecule has 0 aliphatic heterocycles. The molecule has 2 N–H and O–H groups in total. The first kappa shape index (κ1) is 18.6. The minimum Gasteiger partial charge on any atom is -0.493 e. The Bertz CT molecular complexity index is 745. The van der Waals surface area contributed by atoms with Crippen molar-refractivity contribution in [3.8, 4) is 22.6 Å². The molecule has 2 rings (SSSR count). The maximum atomic E-state index is 12.3. The lowest BCUT2D eigenvalue weighted by molar-refractivity contribution is -0.153. The van der Waals surface area contributed by atoms with Gasteiger partial charge in [0.05, 0.1) is 12.2 Å². The Balaban J connectivity index is 2.29. The molecule has 0 bridgehead atoms. The van der Waals surface area contributed by atoms with Gasteiger partial charge in [-0.3, -0.25) is 4.79 Å². The maximum Gasteiger partial charge on any atom is 0.422 e. The lowest BCUT2D eigenvalue weighted by Gasteiger charge is -2.12. The van der Waals surface area contributed by atoms with Gasteiger partial charge in [-0.05, 0) is 41.8 Å². The summed E-state index contributed by atoms with van der Waals surface area (Å²) in [5, 5.41) is 0. The third-order valence-corrected chi connectivity index (χ3v) is 3.28. The number of nitrogens with two attached hydrogens (primary N) is 1. The van der Waals surface area contributed by atoms with Crippen molar-refractivity contribution in [2.24, 2.45) is 5.73 Å². The van der Waals surface area contributed by atoms with Gasteiger partial charge in [0.1, 0.15) is 11.5 Å². The fraction of sp³-hybridized carbons (Fsp3) is 0.278. The molecule has 0 spiro atoms. The number of hydrogen-bond donors (Lipinski definition) is 1. The molecular weight excluding hydrogens is 335 g/mol. The van der Waals surface area contributed by atoms with Gasteiger partial charge in [0.2, 0.25) is 0 Å². The minimum absolute atomic E-state index is 0.0850. The second-order valence-corrected chi connectivity index (χ2v) is 5.36. The van der Waals surface area contributed by atoms with Crippen LogP contribution >= 0.6 is 0 Å². The molecule has 0 heterocycles. The standard InChI is InChI=1S/C18H18F3NO3/c1-2-8-24-16-7-6-13(10-15(16)17(22)23)12-4-3-5-14(9-12)25-11-18(19,20)21/h3-7,9-10H,2,8,11H2,1H3,(H2,22,23). The van der Waals surface area contributed by atoms with Crippen LogP contribution in [-0.2, 0) is 0 Å². The summed E-state index contributed by atoms with van der Waals surface area (Å²) in [6.45, 7) is 1.01. The Morgan fingerprint density at radius 3 is 2.44 bits per heavy atom. The molecule has 7 heteroatoms. The first-order valence-corrected chi connectivity index (χ1v) is 7.67. The zero-order valence-electron chi connectivity index (χ0n) is 13.6. The molecule has 2 aromatic carbocycles. The van der Waals surface area contributed by atoms with E-state index < -0.39 is 18.7 Å². The van der Waals surface area contributed by atoms with Crippen LogP contribution in [0.1, 0.15) is 23.7 Å². The predicted molar refractivity (Wildman–Crippen MR) is 87.7 cm³/mol. The number of primary amides is 1. The zero-order valence-corrected chi connectivity index (χ0v) is 13.6. The Kier molecular flexibility index (Phi) is 5.90. The van der Waals surface area contributed by atoms with E-state index in [4.69, 9.17) is 15.2 Å². The van der Waals surface area contributed by atoms with Crippen LogP contribution in [0.4, 0.5) is 13.2 Å². The van der Waals surface area contributed by atoms with Gasteiger partial charge in [-0.25, -0.2) is 0 Å². The fourth-order valence-electron chi connectivity index (χ4n) is 2.17. The number of halogens is 3. The van der Waals surface area contributed by atoms with Crippen LogP contribution in [0.3, 0.4) is 0 Å². The molecule has 0 fully saturated rings. The van der Waals surface area contributed by atoms with Crippen molar-refractivity contribution >= 4 is 5.91 Å². The zero-order chi connectivity index (χ0) is 18.4. The summed E-state index contributed by atoms with van der Waals surface area (Å²) < 4.78 is 47.0. The third-order valence-electron chi connectivity index (χ3n) is 3.28. The van der Waals surface area contributed by atoms with Gasteiger partial charge in [-0.15, -0.1) is 0 Å². The third kappa shape index (κ3) is 5.41. The number of carbonyl (C=O) groups excluding carboxylic acids is 1. The van der Waals surface area contributed by atoms with E-state index in [1.807, 2.05) is 6.92 Å². The van der Waals surface area contributed by atoms with Crippen LogP contribution in [0.25, 0.3) is 11.1 Å². The molecule has 0 atom stereocenters. The predicted octanol–water partition coefficient (Wildman–Crippen LogP) is 4.18. The van der Waals surface area contributed by atoms with E-state index in [0.717, 1.165) is 6.42 Å². The van der Waals surface area contributed by atoms with Crippen molar-refractivity contribution in [3.05, 3.63) is 48.0 Å². The summed E-state index contributed by atoms with van der Waals surface area (Å²) in [6, 6.07) is 11.1. The van der Waals surface area contributed by atoms with Crippen LogP contribution in [0, 0.1) is 0 Å². The van der Waals surface area contributed by atoms with Crippen molar-refractivity contribution in [3.63, 3.8) is 0 Å². The molecule has 0 aliphatic carbocycles. The molecule has 1 amide bonds. The summed E-state index contributed by atoms with van der Waals surface area (Å²) in [4.78, 5) is 11.6. The average Bonchev–Trinajstić information content (AvgIpc) is 2.57. The number of ether oxygens (including phenoxy) is 2. The van der Waals surface area contributed by atoms with E-state index in [0.29, 0.717) is 23.5 Å². The normalized spacial score (nSPS) is 11.2. The molecular formula is C18H18F3NO3. The highest BCUT2D eigenvalue weighted by Gasteiger charge is 2.28. The second-order valence-electron chi connectivity index (χ2n) is 5.36. The first-order valence-electron chi connectivity index (χ1n) is 7.67. The highest BCUT2D eigenvalue weighted by atomic mass is 19.4. The van der Waals surface area contributed by atoms with Gasteiger partial charge in [-0.2, -0.15) is 13.2 Å². The van der Waals surface area contributed by atoms with Crippen LogP contribution in [-0.4, -0.2) is 25.3 Å². The van der Waals surface area contributed by atoms with Crippen molar-refractivity contribution in [2.75, 3.05) is 13.2 Å². The molecule has 134 valence electrons. The largest absolute Gasteiger partial charge is 0.493 e. The molecule has 2 aromatic rings. The molecule has 0 saturated carbocycles. The molecule has 0 radical (unpaired) electrons. The monoisotopic (exact) mass is 353 g/mol. The lowest BCUT2D eigenvalue weighted by Crippen LogP contribution is -2.19. The van der Waals surface area contributed by atoms with Crippen molar-refractivity contribution in [1.82, 2.24) is 0 Å². The molecule has 0 unspecified atom stereocenters. The number of alkyl halides is 3. The Hall–Kier alpha value is -2.70. The van der Waals surface area contributed by atoms with Crippen molar-refractivity contribution in [1.29, 1.82) is 0 Å². The number of amides is 1. The van der Waals surface area contributed by atoms with Gasteiger partial charge >= 0.3 is 6.18 Å². The van der Waals surface area contributed by atoms with Crippen LogP contribution < -0.4 is 15.2 Å². The summed E-state index contributed by atoms with van der Waals surface area (Å²) in [5.41, 5.74) is 6.83. The van der Waals surface area contributed by atoms with Crippen LogP contribution in [0.2, 0.25) is 0 Å². The molecule has 0 saturated heterocycles. The smallest absolute Gasteiger partial charge is 0.422 e. The van der Waals surface area contributed by atoms with Gasteiger partial charge < -0.3 is 15.2 Å². The van der Waals surface area contributed by atoms with Crippen molar-refractivity contribution in [2.45, 2.75) is 19.5 Å². The topological polar surface area (TPSA) is 61.6 Å². The fourth-order valence-corrected chi connectivity index (χ4v) is 2.17. The molecule has 4 nitrogen and oxygen atoms in total. The minimum atomic E-state index is -4.41. The quantitative estimate of drug-likeness (QED) is 0.812. The van der Waals surface area contributed by atoms with E-state index in [2.05, 4.69) is 0 Å². The SMILES string of the molecule is CCCOc1ccc(-c2cccc(OCC(F)(F)F)c2)cc1C(N)=O. The maximum absolute atomic E-state index is 12.3. The number of rotatable bonds is 7. The van der Waals surface area contributed by atoms with E-state index >= 15 is 0 Å². The van der Waals surface area contributed by atoms with Gasteiger partial charge in [-0.1, -0.05) is 25.1 Å². The second kappa shape index (κ2) is 7.92. The van der Waals surface area contributed by atoms with Gasteiger partial charge in [0.15, 0.2) is 6.61 Å². The Morgan fingerprint density at radius 2 is 1.80 bits per heavy atom. The first-order chi connectivity index (χ1) is 11.8. The van der Waals surface area contributed by atoms with Gasteiger partial charge in [0, 0.05) is 0 Å². The Labute approximate surface area is 143 Å². The molecule has 0 aliphatic rings.